The van der Waals surface area contributed by atoms with E-state index in [9.17, 15) is 9.50 Å². The molecule has 4 aliphatic rings. The topological polar surface area (TPSA) is 33.1 Å². The minimum atomic E-state index is -0.320. The Bertz CT molecular complexity index is 873. The van der Waals surface area contributed by atoms with E-state index in [4.69, 9.17) is 0 Å². The highest BCUT2D eigenvalue weighted by atomic mass is 19.1. The summed E-state index contributed by atoms with van der Waals surface area (Å²) in [5.41, 5.74) is 4.76. The van der Waals surface area contributed by atoms with E-state index >= 15 is 0 Å². The Balaban J connectivity index is 1.49. The van der Waals surface area contributed by atoms with Crippen molar-refractivity contribution in [2.45, 2.75) is 71.8 Å². The van der Waals surface area contributed by atoms with E-state index in [2.05, 4.69) is 31.0 Å². The van der Waals surface area contributed by atoms with Gasteiger partial charge in [0.05, 0.1) is 6.10 Å². The largest absolute Gasteiger partial charge is 0.393 e. The molecule has 0 bridgehead atoms. The predicted molar refractivity (Wildman–Crippen MR) is 110 cm³/mol. The SMILES string of the molecule is Cc1cnc(F)c(C2=CCC3C4CC=C5CC(O)CCC5(C)C4CCC23C)c1. The molecule has 28 heavy (non-hydrogen) atoms. The molecule has 0 radical (unpaired) electrons. The van der Waals surface area contributed by atoms with Crippen LogP contribution in [0.1, 0.15) is 69.9 Å². The monoisotopic (exact) mass is 381 g/mol. The molecule has 2 saturated carbocycles. The van der Waals surface area contributed by atoms with Crippen LogP contribution >= 0.6 is 0 Å². The number of hydrogen-bond acceptors (Lipinski definition) is 2. The van der Waals surface area contributed by atoms with Gasteiger partial charge in [0.2, 0.25) is 5.95 Å². The molecule has 150 valence electrons. The van der Waals surface area contributed by atoms with Crippen LogP contribution in [0.25, 0.3) is 5.57 Å². The number of aliphatic hydroxyl groups excluding tert-OH is 1. The van der Waals surface area contributed by atoms with E-state index in [1.807, 2.05) is 13.0 Å². The standard InChI is InChI=1S/C25H32FNO/c1-15-12-19(23(26)27-14-15)21-7-6-20-18-5-4-16-13-17(28)8-10-24(16,2)22(18)9-11-25(20,21)3/h4,7,12,14,17-18,20,22,28H,5-6,8-11,13H2,1-3H3. The second kappa shape index (κ2) is 6.26. The van der Waals surface area contributed by atoms with Crippen LogP contribution in [-0.4, -0.2) is 16.2 Å². The summed E-state index contributed by atoms with van der Waals surface area (Å²) in [6.45, 7) is 6.83. The molecule has 0 saturated heterocycles. The molecule has 2 fully saturated rings. The third kappa shape index (κ3) is 2.51. The Kier molecular flexibility index (Phi) is 4.14. The molecule has 1 N–H and O–H groups in total. The first-order chi connectivity index (χ1) is 13.3. The van der Waals surface area contributed by atoms with Crippen molar-refractivity contribution in [2.24, 2.45) is 28.6 Å². The van der Waals surface area contributed by atoms with Gasteiger partial charge in [0.1, 0.15) is 0 Å². The van der Waals surface area contributed by atoms with Crippen LogP contribution in [0, 0.1) is 41.5 Å². The van der Waals surface area contributed by atoms with Crippen molar-refractivity contribution in [1.29, 1.82) is 0 Å². The van der Waals surface area contributed by atoms with Crippen molar-refractivity contribution in [2.75, 3.05) is 0 Å². The first-order valence-corrected chi connectivity index (χ1v) is 11.0. The van der Waals surface area contributed by atoms with Gasteiger partial charge in [-0.1, -0.05) is 31.6 Å². The van der Waals surface area contributed by atoms with E-state index in [0.717, 1.165) is 49.7 Å². The van der Waals surface area contributed by atoms with Crippen molar-refractivity contribution >= 4 is 5.57 Å². The average Bonchev–Trinajstić information content (AvgIpc) is 3.01. The summed E-state index contributed by atoms with van der Waals surface area (Å²) < 4.78 is 14.6. The Morgan fingerprint density at radius 1 is 1.07 bits per heavy atom. The quantitative estimate of drug-likeness (QED) is 0.489. The van der Waals surface area contributed by atoms with Crippen LogP contribution in [0.2, 0.25) is 0 Å². The normalized spacial score (nSPS) is 42.2. The molecule has 6 unspecified atom stereocenters. The number of allylic oxidation sites excluding steroid dienone is 3. The van der Waals surface area contributed by atoms with E-state index in [-0.39, 0.29) is 22.9 Å². The maximum Gasteiger partial charge on any atom is 0.220 e. The second-order valence-electron chi connectivity index (χ2n) is 10.3. The summed E-state index contributed by atoms with van der Waals surface area (Å²) in [5, 5.41) is 10.2. The smallest absolute Gasteiger partial charge is 0.220 e. The third-order valence-electron chi connectivity index (χ3n) is 8.92. The average molecular weight is 382 g/mol. The minimum absolute atomic E-state index is 0.0490. The molecule has 3 heteroatoms. The van der Waals surface area contributed by atoms with Gasteiger partial charge in [-0.15, -0.1) is 0 Å². The zero-order valence-electron chi connectivity index (χ0n) is 17.3. The van der Waals surface area contributed by atoms with Crippen molar-refractivity contribution in [1.82, 2.24) is 4.98 Å². The lowest BCUT2D eigenvalue weighted by molar-refractivity contribution is -0.0238. The Morgan fingerprint density at radius 3 is 2.68 bits per heavy atom. The highest BCUT2D eigenvalue weighted by Gasteiger charge is 2.57. The summed E-state index contributed by atoms with van der Waals surface area (Å²) in [7, 11) is 0. The van der Waals surface area contributed by atoms with Crippen molar-refractivity contribution in [3.63, 3.8) is 0 Å². The second-order valence-corrected chi connectivity index (χ2v) is 10.3. The molecular weight excluding hydrogens is 349 g/mol. The number of halogens is 1. The van der Waals surface area contributed by atoms with Gasteiger partial charge in [-0.05, 0) is 97.7 Å². The van der Waals surface area contributed by atoms with Crippen LogP contribution < -0.4 is 0 Å². The van der Waals surface area contributed by atoms with Crippen molar-refractivity contribution < 1.29 is 9.50 Å². The number of rotatable bonds is 1. The molecule has 1 aromatic rings. The van der Waals surface area contributed by atoms with Gasteiger partial charge in [0.15, 0.2) is 0 Å². The zero-order chi connectivity index (χ0) is 19.7. The number of aliphatic hydroxyl groups is 1. The Labute approximate surface area is 168 Å². The molecule has 5 rings (SSSR count). The van der Waals surface area contributed by atoms with Gasteiger partial charge in [0, 0.05) is 11.8 Å². The van der Waals surface area contributed by atoms with Gasteiger partial charge in [-0.2, -0.15) is 4.39 Å². The zero-order valence-corrected chi connectivity index (χ0v) is 17.3. The fourth-order valence-corrected chi connectivity index (χ4v) is 7.37. The summed E-state index contributed by atoms with van der Waals surface area (Å²) in [6, 6.07) is 1.98. The molecule has 2 nitrogen and oxygen atoms in total. The van der Waals surface area contributed by atoms with Crippen LogP contribution in [-0.2, 0) is 0 Å². The highest BCUT2D eigenvalue weighted by Crippen LogP contribution is 2.66. The molecule has 1 heterocycles. The van der Waals surface area contributed by atoms with Gasteiger partial charge in [0.25, 0.3) is 0 Å². The predicted octanol–water partition coefficient (Wildman–Crippen LogP) is 5.85. The first-order valence-electron chi connectivity index (χ1n) is 11.0. The Morgan fingerprint density at radius 2 is 1.86 bits per heavy atom. The number of nitrogens with zero attached hydrogens (tertiary/aromatic N) is 1. The molecule has 0 spiro atoms. The fraction of sp³-hybridized carbons (Fsp3) is 0.640. The molecule has 6 atom stereocenters. The number of aromatic nitrogens is 1. The van der Waals surface area contributed by atoms with Crippen LogP contribution in [0.15, 0.2) is 30.0 Å². The van der Waals surface area contributed by atoms with Gasteiger partial charge in [-0.3, -0.25) is 0 Å². The van der Waals surface area contributed by atoms with Crippen LogP contribution in [0.5, 0.6) is 0 Å². The third-order valence-corrected chi connectivity index (χ3v) is 8.92. The van der Waals surface area contributed by atoms with E-state index in [1.165, 1.54) is 17.6 Å². The molecular formula is C25H32FNO. The van der Waals surface area contributed by atoms with E-state index in [0.29, 0.717) is 17.8 Å². The number of hydrogen-bond donors (Lipinski definition) is 1. The lowest BCUT2D eigenvalue weighted by Crippen LogP contribution is -2.49. The molecule has 0 amide bonds. The highest BCUT2D eigenvalue weighted by molar-refractivity contribution is 5.73. The number of fused-ring (bicyclic) bond motifs is 5. The minimum Gasteiger partial charge on any atom is -0.393 e. The molecule has 0 aromatic carbocycles. The molecule has 1 aromatic heterocycles. The number of aryl methyl sites for hydroxylation is 1. The van der Waals surface area contributed by atoms with Crippen LogP contribution in [0.3, 0.4) is 0 Å². The lowest BCUT2D eigenvalue weighted by Gasteiger charge is -2.57. The van der Waals surface area contributed by atoms with Crippen molar-refractivity contribution in [3.05, 3.63) is 47.1 Å². The maximum absolute atomic E-state index is 14.6. The Hall–Kier alpha value is -1.48. The van der Waals surface area contributed by atoms with Gasteiger partial charge < -0.3 is 5.11 Å². The van der Waals surface area contributed by atoms with E-state index in [1.54, 1.807) is 6.20 Å². The fourth-order valence-electron chi connectivity index (χ4n) is 7.37. The summed E-state index contributed by atoms with van der Waals surface area (Å²) >= 11 is 0. The summed E-state index contributed by atoms with van der Waals surface area (Å²) in [6.07, 6.45) is 13.7. The molecule has 0 aliphatic heterocycles. The van der Waals surface area contributed by atoms with E-state index < -0.39 is 0 Å². The van der Waals surface area contributed by atoms with Crippen LogP contribution in [0.4, 0.5) is 4.39 Å². The lowest BCUT2D eigenvalue weighted by atomic mass is 9.47. The summed E-state index contributed by atoms with van der Waals surface area (Å²) in [5.74, 6) is 1.63. The van der Waals surface area contributed by atoms with Crippen molar-refractivity contribution in [3.8, 4) is 0 Å². The molecule has 4 aliphatic carbocycles. The first kappa shape index (κ1) is 18.5. The van der Waals surface area contributed by atoms with Gasteiger partial charge in [-0.25, -0.2) is 4.98 Å². The summed E-state index contributed by atoms with van der Waals surface area (Å²) in [4.78, 5) is 4.00. The van der Waals surface area contributed by atoms with Gasteiger partial charge >= 0.3 is 0 Å². The number of pyridine rings is 1. The maximum atomic E-state index is 14.6.